The Kier molecular flexibility index (Phi) is 6.29. The molecule has 0 N–H and O–H groups in total. The molecule has 0 unspecified atom stereocenters. The summed E-state index contributed by atoms with van der Waals surface area (Å²) in [5.74, 6) is 0. The quantitative estimate of drug-likeness (QED) is 0.244. The molecule has 0 saturated heterocycles. The maximum Gasteiger partial charge on any atom is 0.0900 e. The fourth-order valence-corrected chi connectivity index (χ4v) is 4.44. The van der Waals surface area contributed by atoms with Gasteiger partial charge in [0.1, 0.15) is 0 Å². The standard InChI is InChI=1S/C34H26N4/c1-23-9-13-25(14-10-23)27-17-19-36-32(20-27)30-7-5-8-31(37-30)34-22-28(26-15-11-24(2)12-16-26)21-33(38-34)29-6-3-4-18-35-29/h3-22H,1-2H3. The Balaban J connectivity index is 1.44. The van der Waals surface area contributed by atoms with Crippen LogP contribution in [0.1, 0.15) is 11.1 Å². The first-order valence-corrected chi connectivity index (χ1v) is 12.6. The predicted octanol–water partition coefficient (Wildman–Crippen LogP) is 8.22. The third kappa shape index (κ3) is 4.97. The molecule has 0 saturated carbocycles. The van der Waals surface area contributed by atoms with E-state index in [0.717, 1.165) is 56.4 Å². The van der Waals surface area contributed by atoms with Crippen LogP contribution in [0.25, 0.3) is 56.4 Å². The first kappa shape index (κ1) is 23.4. The number of hydrogen-bond donors (Lipinski definition) is 0. The zero-order valence-electron chi connectivity index (χ0n) is 21.3. The number of hydrogen-bond acceptors (Lipinski definition) is 4. The summed E-state index contributed by atoms with van der Waals surface area (Å²) < 4.78 is 0. The number of nitrogens with zero attached hydrogens (tertiary/aromatic N) is 4. The van der Waals surface area contributed by atoms with Gasteiger partial charge in [0.05, 0.1) is 34.2 Å². The molecule has 6 aromatic rings. The van der Waals surface area contributed by atoms with Crippen LogP contribution in [0.4, 0.5) is 0 Å². The van der Waals surface area contributed by atoms with E-state index in [2.05, 4.69) is 90.5 Å². The second-order valence-electron chi connectivity index (χ2n) is 9.41. The largest absolute Gasteiger partial charge is 0.255 e. The van der Waals surface area contributed by atoms with Gasteiger partial charge in [0.25, 0.3) is 0 Å². The van der Waals surface area contributed by atoms with Crippen molar-refractivity contribution in [2.45, 2.75) is 13.8 Å². The molecule has 0 amide bonds. The summed E-state index contributed by atoms with van der Waals surface area (Å²) in [5, 5.41) is 0. The number of aromatic nitrogens is 4. The highest BCUT2D eigenvalue weighted by molar-refractivity contribution is 5.76. The van der Waals surface area contributed by atoms with Crippen LogP contribution < -0.4 is 0 Å². The topological polar surface area (TPSA) is 51.6 Å². The molecule has 6 rings (SSSR count). The molecule has 4 nitrogen and oxygen atoms in total. The van der Waals surface area contributed by atoms with Gasteiger partial charge >= 0.3 is 0 Å². The second-order valence-corrected chi connectivity index (χ2v) is 9.41. The first-order chi connectivity index (χ1) is 18.6. The van der Waals surface area contributed by atoms with Crippen LogP contribution in [0.15, 0.2) is 122 Å². The minimum absolute atomic E-state index is 0.788. The first-order valence-electron chi connectivity index (χ1n) is 12.6. The summed E-state index contributed by atoms with van der Waals surface area (Å²) in [5.41, 5.74) is 11.8. The van der Waals surface area contributed by atoms with Gasteiger partial charge in [-0.05, 0) is 84.6 Å². The van der Waals surface area contributed by atoms with Gasteiger partial charge in [0, 0.05) is 12.4 Å². The Morgan fingerprint density at radius 3 is 1.55 bits per heavy atom. The summed E-state index contributed by atoms with van der Waals surface area (Å²) in [6.07, 6.45) is 3.63. The van der Waals surface area contributed by atoms with Gasteiger partial charge in [-0.3, -0.25) is 9.97 Å². The van der Waals surface area contributed by atoms with Crippen LogP contribution in [0.2, 0.25) is 0 Å². The minimum atomic E-state index is 0.788. The molecule has 0 spiro atoms. The van der Waals surface area contributed by atoms with Crippen molar-refractivity contribution in [3.63, 3.8) is 0 Å². The lowest BCUT2D eigenvalue weighted by Gasteiger charge is -2.11. The van der Waals surface area contributed by atoms with E-state index in [1.165, 1.54) is 11.1 Å². The molecule has 4 heterocycles. The van der Waals surface area contributed by atoms with Crippen LogP contribution in [-0.2, 0) is 0 Å². The van der Waals surface area contributed by atoms with E-state index in [9.17, 15) is 0 Å². The van der Waals surface area contributed by atoms with Crippen LogP contribution in [0, 0.1) is 13.8 Å². The molecule has 0 aliphatic heterocycles. The summed E-state index contributed by atoms with van der Waals surface area (Å²) in [6.45, 7) is 4.19. The summed E-state index contributed by atoms with van der Waals surface area (Å²) in [4.78, 5) is 19.2. The van der Waals surface area contributed by atoms with E-state index >= 15 is 0 Å². The minimum Gasteiger partial charge on any atom is -0.255 e. The van der Waals surface area contributed by atoms with Crippen molar-refractivity contribution in [2.75, 3.05) is 0 Å². The van der Waals surface area contributed by atoms with Crippen LogP contribution in [0.3, 0.4) is 0 Å². The average Bonchev–Trinajstić information content (AvgIpc) is 2.98. The zero-order valence-corrected chi connectivity index (χ0v) is 21.3. The molecular weight excluding hydrogens is 464 g/mol. The van der Waals surface area contributed by atoms with Gasteiger partial charge in [-0.15, -0.1) is 0 Å². The van der Waals surface area contributed by atoms with E-state index in [-0.39, 0.29) is 0 Å². The van der Waals surface area contributed by atoms with Crippen molar-refractivity contribution in [3.8, 4) is 56.4 Å². The Morgan fingerprint density at radius 2 is 0.895 bits per heavy atom. The van der Waals surface area contributed by atoms with Gasteiger partial charge < -0.3 is 0 Å². The average molecular weight is 491 g/mol. The van der Waals surface area contributed by atoms with E-state index in [1.54, 1.807) is 6.20 Å². The molecular formula is C34H26N4. The van der Waals surface area contributed by atoms with Crippen molar-refractivity contribution < 1.29 is 0 Å². The maximum absolute atomic E-state index is 5.00. The van der Waals surface area contributed by atoms with Crippen molar-refractivity contribution in [1.29, 1.82) is 0 Å². The lowest BCUT2D eigenvalue weighted by atomic mass is 10.0. The highest BCUT2D eigenvalue weighted by Gasteiger charge is 2.12. The second kappa shape index (κ2) is 10.2. The van der Waals surface area contributed by atoms with Gasteiger partial charge in [0.2, 0.25) is 0 Å². The van der Waals surface area contributed by atoms with Gasteiger partial charge in [0.15, 0.2) is 0 Å². The highest BCUT2D eigenvalue weighted by atomic mass is 14.8. The van der Waals surface area contributed by atoms with Gasteiger partial charge in [-0.2, -0.15) is 0 Å². The van der Waals surface area contributed by atoms with Gasteiger partial charge in [-0.25, -0.2) is 9.97 Å². The summed E-state index contributed by atoms with van der Waals surface area (Å²) in [6, 6.07) is 37.2. The zero-order chi connectivity index (χ0) is 25.9. The van der Waals surface area contributed by atoms with E-state index in [1.807, 2.05) is 48.7 Å². The number of benzene rings is 2. The van der Waals surface area contributed by atoms with Crippen LogP contribution in [0.5, 0.6) is 0 Å². The lowest BCUT2D eigenvalue weighted by Crippen LogP contribution is -1.96. The molecule has 4 aromatic heterocycles. The third-order valence-electron chi connectivity index (χ3n) is 6.56. The van der Waals surface area contributed by atoms with Crippen molar-refractivity contribution in [2.24, 2.45) is 0 Å². The summed E-state index contributed by atoms with van der Waals surface area (Å²) in [7, 11) is 0. The molecule has 182 valence electrons. The lowest BCUT2D eigenvalue weighted by molar-refractivity contribution is 1.20. The molecule has 0 aliphatic rings. The predicted molar refractivity (Wildman–Crippen MR) is 154 cm³/mol. The molecule has 0 radical (unpaired) electrons. The molecule has 0 fully saturated rings. The van der Waals surface area contributed by atoms with E-state index in [4.69, 9.17) is 9.97 Å². The number of rotatable bonds is 5. The fourth-order valence-electron chi connectivity index (χ4n) is 4.44. The summed E-state index contributed by atoms with van der Waals surface area (Å²) >= 11 is 0. The Morgan fingerprint density at radius 1 is 0.368 bits per heavy atom. The van der Waals surface area contributed by atoms with Gasteiger partial charge in [-0.1, -0.05) is 71.8 Å². The fraction of sp³-hybridized carbons (Fsp3) is 0.0588. The molecule has 0 aliphatic carbocycles. The SMILES string of the molecule is Cc1ccc(-c2ccnc(-c3cccc(-c4cc(-c5ccc(C)cc5)cc(-c5ccccn5)n4)n3)c2)cc1. The van der Waals surface area contributed by atoms with E-state index in [0.29, 0.717) is 0 Å². The Labute approximate surface area is 222 Å². The smallest absolute Gasteiger partial charge is 0.0900 e. The number of pyridine rings is 4. The Hall–Kier alpha value is -4.96. The van der Waals surface area contributed by atoms with Crippen molar-refractivity contribution in [1.82, 2.24) is 19.9 Å². The van der Waals surface area contributed by atoms with Crippen LogP contribution in [-0.4, -0.2) is 19.9 Å². The Bertz CT molecular complexity index is 1710. The van der Waals surface area contributed by atoms with Crippen molar-refractivity contribution >= 4 is 0 Å². The van der Waals surface area contributed by atoms with Crippen LogP contribution >= 0.6 is 0 Å². The van der Waals surface area contributed by atoms with Crippen molar-refractivity contribution in [3.05, 3.63) is 133 Å². The highest BCUT2D eigenvalue weighted by Crippen LogP contribution is 2.30. The molecule has 0 bridgehead atoms. The van der Waals surface area contributed by atoms with E-state index < -0.39 is 0 Å². The normalized spacial score (nSPS) is 10.9. The molecule has 0 atom stereocenters. The maximum atomic E-state index is 5.00. The molecule has 2 aromatic carbocycles. The molecule has 4 heteroatoms. The number of aryl methyl sites for hydroxylation is 2. The molecule has 38 heavy (non-hydrogen) atoms. The third-order valence-corrected chi connectivity index (χ3v) is 6.56. The monoisotopic (exact) mass is 490 g/mol.